The van der Waals surface area contributed by atoms with Crippen molar-refractivity contribution in [2.45, 2.75) is 70.0 Å². The predicted molar refractivity (Wildman–Crippen MR) is 95.3 cm³/mol. The molecule has 4 rings (SSSR count). The Kier molecular flexibility index (Phi) is 4.25. The smallest absolute Gasteiger partial charge is 0.323 e. The average Bonchev–Trinajstić information content (AvgIpc) is 3.24. The van der Waals surface area contributed by atoms with E-state index in [9.17, 15) is 9.59 Å². The Morgan fingerprint density at radius 1 is 1.19 bits per heavy atom. The average molecular weight is 360 g/mol. The van der Waals surface area contributed by atoms with Crippen LogP contribution in [0.15, 0.2) is 22.8 Å². The summed E-state index contributed by atoms with van der Waals surface area (Å²) in [5.41, 5.74) is 2.41. The Balaban J connectivity index is 1.78. The molecule has 2 heterocycles. The minimum Gasteiger partial charge on any atom is -0.468 e. The van der Waals surface area contributed by atoms with Gasteiger partial charge in [0.1, 0.15) is 5.60 Å². The van der Waals surface area contributed by atoms with Gasteiger partial charge in [-0.05, 0) is 61.7 Å². The highest BCUT2D eigenvalue weighted by molar-refractivity contribution is 6.00. The molecular weight excluding hydrogens is 332 g/mol. The van der Waals surface area contributed by atoms with Crippen LogP contribution >= 0.6 is 0 Å². The normalized spacial score (nSPS) is 34.0. The first-order valence-electron chi connectivity index (χ1n) is 9.80. The molecule has 2 aliphatic carbocycles. The predicted octanol–water partition coefficient (Wildman–Crippen LogP) is 3.48. The summed E-state index contributed by atoms with van der Waals surface area (Å²) >= 11 is 0. The summed E-state index contributed by atoms with van der Waals surface area (Å²) < 4.78 is 16.7. The second-order valence-electron chi connectivity index (χ2n) is 8.11. The quantitative estimate of drug-likeness (QED) is 0.436. The van der Waals surface area contributed by atoms with Gasteiger partial charge < -0.3 is 14.2 Å². The lowest BCUT2D eigenvalue weighted by atomic mass is 9.63. The van der Waals surface area contributed by atoms with Gasteiger partial charge in [-0.25, -0.2) is 0 Å². The number of hydrogen-bond donors (Lipinski definition) is 0. The monoisotopic (exact) mass is 360 g/mol. The molecule has 0 aromatic carbocycles. The first-order chi connectivity index (χ1) is 12.5. The van der Waals surface area contributed by atoms with Crippen LogP contribution in [-0.2, 0) is 23.8 Å². The van der Waals surface area contributed by atoms with Gasteiger partial charge >= 0.3 is 11.9 Å². The van der Waals surface area contributed by atoms with Crippen LogP contribution in [0.2, 0.25) is 0 Å². The summed E-state index contributed by atoms with van der Waals surface area (Å²) in [6.07, 6.45) is 9.45. The number of carbonyl (C=O) groups excluding carboxylic acids is 2. The minimum atomic E-state index is -1.24. The Morgan fingerprint density at radius 2 is 1.92 bits per heavy atom. The van der Waals surface area contributed by atoms with Crippen molar-refractivity contribution in [3.63, 3.8) is 0 Å². The zero-order chi connectivity index (χ0) is 18.5. The molecule has 0 aromatic rings. The van der Waals surface area contributed by atoms with Gasteiger partial charge in [0, 0.05) is 5.92 Å². The zero-order valence-corrected chi connectivity index (χ0v) is 15.9. The minimum absolute atomic E-state index is 0.194. The number of rotatable bonds is 4. The summed E-state index contributed by atoms with van der Waals surface area (Å²) in [6, 6.07) is 0. The van der Waals surface area contributed by atoms with Gasteiger partial charge in [-0.1, -0.05) is 19.4 Å². The number of ether oxygens (including phenoxy) is 3. The van der Waals surface area contributed by atoms with Crippen molar-refractivity contribution >= 4 is 11.9 Å². The molecule has 1 fully saturated rings. The van der Waals surface area contributed by atoms with Crippen LogP contribution in [0, 0.1) is 11.3 Å². The van der Waals surface area contributed by atoms with Gasteiger partial charge in [-0.2, -0.15) is 0 Å². The van der Waals surface area contributed by atoms with Crippen molar-refractivity contribution in [2.24, 2.45) is 11.3 Å². The SMILES string of the molecule is CCC[C@H]1C=C2CC(C(=O)OC)(C(=O)OC)CC[C@@]23O[C@@H]1C1=C3CCC1. The second-order valence-corrected chi connectivity index (χ2v) is 8.11. The Hall–Kier alpha value is -1.62. The van der Waals surface area contributed by atoms with E-state index < -0.39 is 17.4 Å². The Bertz CT molecular complexity index is 687. The van der Waals surface area contributed by atoms with Crippen LogP contribution in [0.5, 0.6) is 0 Å². The molecule has 0 amide bonds. The molecule has 26 heavy (non-hydrogen) atoms. The molecule has 1 spiro atoms. The molecule has 0 radical (unpaired) electrons. The van der Waals surface area contributed by atoms with Crippen molar-refractivity contribution in [1.29, 1.82) is 0 Å². The van der Waals surface area contributed by atoms with E-state index in [-0.39, 0.29) is 11.7 Å². The van der Waals surface area contributed by atoms with Crippen LogP contribution in [-0.4, -0.2) is 37.9 Å². The number of hydrogen-bond acceptors (Lipinski definition) is 5. The third-order valence-electron chi connectivity index (χ3n) is 6.91. The van der Waals surface area contributed by atoms with Crippen molar-refractivity contribution in [3.8, 4) is 0 Å². The zero-order valence-electron chi connectivity index (χ0n) is 15.9. The maximum absolute atomic E-state index is 12.6. The van der Waals surface area contributed by atoms with Crippen molar-refractivity contribution in [1.82, 2.24) is 0 Å². The third kappa shape index (κ3) is 2.19. The molecule has 0 N–H and O–H groups in total. The number of fused-ring (bicyclic) bond motifs is 2. The number of carbonyl (C=O) groups is 2. The Morgan fingerprint density at radius 3 is 2.58 bits per heavy atom. The first kappa shape index (κ1) is 17.8. The maximum Gasteiger partial charge on any atom is 0.323 e. The lowest BCUT2D eigenvalue weighted by Crippen LogP contribution is -2.52. The van der Waals surface area contributed by atoms with Crippen LogP contribution in [0.25, 0.3) is 0 Å². The fourth-order valence-corrected chi connectivity index (χ4v) is 5.76. The maximum atomic E-state index is 12.6. The lowest BCUT2D eigenvalue weighted by Gasteiger charge is -2.48. The van der Waals surface area contributed by atoms with Gasteiger partial charge in [0.25, 0.3) is 0 Å². The molecule has 142 valence electrons. The molecule has 1 saturated carbocycles. The molecule has 5 heteroatoms. The molecule has 3 atom stereocenters. The summed E-state index contributed by atoms with van der Waals surface area (Å²) in [5, 5.41) is 0. The molecule has 0 unspecified atom stereocenters. The third-order valence-corrected chi connectivity index (χ3v) is 6.91. The summed E-state index contributed by atoms with van der Waals surface area (Å²) in [7, 11) is 2.68. The van der Waals surface area contributed by atoms with E-state index in [0.29, 0.717) is 25.2 Å². The van der Waals surface area contributed by atoms with Crippen LogP contribution in [0.3, 0.4) is 0 Å². The largest absolute Gasteiger partial charge is 0.468 e. The number of methoxy groups -OCH3 is 2. The van der Waals surface area contributed by atoms with Crippen molar-refractivity contribution < 1.29 is 23.8 Å². The van der Waals surface area contributed by atoms with Crippen molar-refractivity contribution in [2.75, 3.05) is 14.2 Å². The van der Waals surface area contributed by atoms with Crippen LogP contribution < -0.4 is 0 Å². The van der Waals surface area contributed by atoms with Gasteiger partial charge in [-0.15, -0.1) is 0 Å². The van der Waals surface area contributed by atoms with E-state index in [2.05, 4.69) is 13.0 Å². The second kappa shape index (κ2) is 6.22. The highest BCUT2D eigenvalue weighted by Gasteiger charge is 2.62. The molecule has 0 saturated heterocycles. The Labute approximate surface area is 154 Å². The highest BCUT2D eigenvalue weighted by Crippen LogP contribution is 2.61. The molecule has 0 aromatic heterocycles. The molecule has 5 nitrogen and oxygen atoms in total. The molecule has 4 aliphatic rings. The fourth-order valence-electron chi connectivity index (χ4n) is 5.76. The standard InChI is InChI=1S/C21H28O5/c1-4-6-13-11-14-12-20(18(22)24-2,19(23)25-3)9-10-21(14)16-8-5-7-15(16)17(13)26-21/h11,13,17H,4-10,12H2,1-3H3/t13-,17-,21+/m0/s1. The fraction of sp³-hybridized carbons (Fsp3) is 0.714. The molecule has 2 aliphatic heterocycles. The van der Waals surface area contributed by atoms with Crippen molar-refractivity contribution in [3.05, 3.63) is 22.8 Å². The summed E-state index contributed by atoms with van der Waals surface area (Å²) in [6.45, 7) is 2.19. The van der Waals surface area contributed by atoms with E-state index in [1.165, 1.54) is 31.8 Å². The first-order valence-corrected chi connectivity index (χ1v) is 9.80. The van der Waals surface area contributed by atoms with Crippen LogP contribution in [0.4, 0.5) is 0 Å². The van der Waals surface area contributed by atoms with E-state index in [1.807, 2.05) is 0 Å². The molecular formula is C21H28O5. The van der Waals surface area contributed by atoms with Gasteiger partial charge in [0.15, 0.2) is 5.41 Å². The number of esters is 2. The van der Waals surface area contributed by atoms with E-state index in [0.717, 1.165) is 31.3 Å². The van der Waals surface area contributed by atoms with E-state index in [1.54, 1.807) is 0 Å². The summed E-state index contributed by atoms with van der Waals surface area (Å²) in [4.78, 5) is 25.2. The van der Waals surface area contributed by atoms with Crippen LogP contribution in [0.1, 0.15) is 58.3 Å². The van der Waals surface area contributed by atoms with Gasteiger partial charge in [0.2, 0.25) is 0 Å². The van der Waals surface area contributed by atoms with E-state index >= 15 is 0 Å². The van der Waals surface area contributed by atoms with E-state index in [4.69, 9.17) is 14.2 Å². The molecule has 2 bridgehead atoms. The highest BCUT2D eigenvalue weighted by atomic mass is 16.5. The summed E-state index contributed by atoms with van der Waals surface area (Å²) in [5.74, 6) is -0.652. The van der Waals surface area contributed by atoms with Gasteiger partial charge in [0.05, 0.1) is 20.3 Å². The lowest BCUT2D eigenvalue weighted by molar-refractivity contribution is -0.174. The topological polar surface area (TPSA) is 61.8 Å². The van der Waals surface area contributed by atoms with Gasteiger partial charge in [-0.3, -0.25) is 9.59 Å².